The predicted octanol–water partition coefficient (Wildman–Crippen LogP) is 1.92. The van der Waals surface area contributed by atoms with Gasteiger partial charge in [-0.15, -0.1) is 0 Å². The van der Waals surface area contributed by atoms with Crippen LogP contribution < -0.4 is 4.73 Å². The Balaban J connectivity index is 2.26. The van der Waals surface area contributed by atoms with Gasteiger partial charge in [-0.3, -0.25) is 4.68 Å². The number of rotatable bonds is 1. The fourth-order valence-corrected chi connectivity index (χ4v) is 2.00. The maximum atomic E-state index is 11.9. The highest BCUT2D eigenvalue weighted by atomic mass is 35.5. The van der Waals surface area contributed by atoms with Crippen LogP contribution in [-0.4, -0.2) is 14.8 Å². The summed E-state index contributed by atoms with van der Waals surface area (Å²) in [6, 6.07) is 5.08. The van der Waals surface area contributed by atoms with Crippen LogP contribution in [-0.2, 0) is 7.05 Å². The van der Waals surface area contributed by atoms with Crippen molar-refractivity contribution in [3.63, 3.8) is 0 Å². The van der Waals surface area contributed by atoms with E-state index in [0.29, 0.717) is 16.2 Å². The van der Waals surface area contributed by atoms with Crippen molar-refractivity contribution in [1.82, 2.24) is 14.8 Å². The Morgan fingerprint density at radius 2 is 2.17 bits per heavy atom. The van der Waals surface area contributed by atoms with Gasteiger partial charge in [-0.25, -0.2) is 4.98 Å². The average Bonchev–Trinajstić information content (AvgIpc) is 2.75. The van der Waals surface area contributed by atoms with E-state index in [1.807, 2.05) is 19.3 Å². The third kappa shape index (κ3) is 1.78. The van der Waals surface area contributed by atoms with Gasteiger partial charge in [0.25, 0.3) is 0 Å². The number of aryl methyl sites for hydroxylation is 1. The second-order valence-electron chi connectivity index (χ2n) is 4.00. The maximum Gasteiger partial charge on any atom is 0.242 e. The molecule has 0 bridgehead atoms. The van der Waals surface area contributed by atoms with Crippen molar-refractivity contribution >= 4 is 22.6 Å². The van der Waals surface area contributed by atoms with E-state index in [1.165, 1.54) is 6.20 Å². The van der Waals surface area contributed by atoms with E-state index in [9.17, 15) is 5.21 Å². The van der Waals surface area contributed by atoms with Crippen LogP contribution in [0.2, 0.25) is 5.15 Å². The Morgan fingerprint density at radius 1 is 1.33 bits per heavy atom. The second kappa shape index (κ2) is 3.96. The van der Waals surface area contributed by atoms with Crippen LogP contribution in [0.1, 0.15) is 0 Å². The molecule has 3 aromatic heterocycles. The van der Waals surface area contributed by atoms with E-state index in [-0.39, 0.29) is 0 Å². The summed E-state index contributed by atoms with van der Waals surface area (Å²) in [7, 11) is 1.82. The molecule has 0 spiro atoms. The van der Waals surface area contributed by atoms with Crippen molar-refractivity contribution in [3.05, 3.63) is 47.1 Å². The zero-order valence-corrected chi connectivity index (χ0v) is 10.3. The molecule has 0 fully saturated rings. The summed E-state index contributed by atoms with van der Waals surface area (Å²) < 4.78 is 2.47. The summed E-state index contributed by atoms with van der Waals surface area (Å²) in [5.41, 5.74) is 2.69. The molecule has 0 aromatic carbocycles. The number of aromatic nitrogens is 4. The summed E-state index contributed by atoms with van der Waals surface area (Å²) in [5.74, 6) is 0. The number of nitrogens with zero attached hydrogens (tertiary/aromatic N) is 4. The van der Waals surface area contributed by atoms with Gasteiger partial charge < -0.3 is 5.21 Å². The first-order valence-electron chi connectivity index (χ1n) is 5.32. The fraction of sp³-hybridized carbons (Fsp3) is 0.0833. The topological polar surface area (TPSA) is 57.6 Å². The molecule has 0 atom stereocenters. The molecule has 6 heteroatoms. The van der Waals surface area contributed by atoms with E-state index in [2.05, 4.69) is 10.1 Å². The minimum Gasteiger partial charge on any atom is -0.618 e. The van der Waals surface area contributed by atoms with E-state index in [1.54, 1.807) is 23.0 Å². The molecule has 3 aromatic rings. The Kier molecular flexibility index (Phi) is 2.41. The minimum atomic E-state index is 0.367. The van der Waals surface area contributed by atoms with Crippen LogP contribution in [0.15, 0.2) is 36.8 Å². The summed E-state index contributed by atoms with van der Waals surface area (Å²) in [5, 5.41) is 16.3. The van der Waals surface area contributed by atoms with Crippen molar-refractivity contribution in [2.75, 3.05) is 0 Å². The zero-order chi connectivity index (χ0) is 12.7. The Labute approximate surface area is 108 Å². The standard InChI is InChI=1S/C12H9ClN4O/c1-16-6-9(5-14-16)8-4-10-11(17(18)7-8)2-3-12(13)15-10/h2-7H,1H3. The van der Waals surface area contributed by atoms with Gasteiger partial charge in [0, 0.05) is 24.9 Å². The quantitative estimate of drug-likeness (QED) is 0.382. The first-order chi connectivity index (χ1) is 8.63. The molecule has 3 rings (SSSR count). The fourth-order valence-electron chi connectivity index (χ4n) is 1.84. The minimum absolute atomic E-state index is 0.367. The first kappa shape index (κ1) is 11.0. The molecular weight excluding hydrogens is 252 g/mol. The third-order valence-corrected chi connectivity index (χ3v) is 2.90. The highest BCUT2D eigenvalue weighted by Crippen LogP contribution is 2.21. The van der Waals surface area contributed by atoms with Crippen LogP contribution in [0, 0.1) is 5.21 Å². The van der Waals surface area contributed by atoms with E-state index in [0.717, 1.165) is 15.9 Å². The highest BCUT2D eigenvalue weighted by molar-refractivity contribution is 6.29. The highest BCUT2D eigenvalue weighted by Gasteiger charge is 2.11. The Hall–Kier alpha value is -2.14. The summed E-state index contributed by atoms with van der Waals surface area (Å²) in [6.07, 6.45) is 5.05. The summed E-state index contributed by atoms with van der Waals surface area (Å²) in [4.78, 5) is 4.15. The lowest BCUT2D eigenvalue weighted by Crippen LogP contribution is -2.26. The van der Waals surface area contributed by atoms with Crippen LogP contribution in [0.3, 0.4) is 0 Å². The van der Waals surface area contributed by atoms with Crippen molar-refractivity contribution in [2.24, 2.45) is 7.05 Å². The van der Waals surface area contributed by atoms with E-state index >= 15 is 0 Å². The molecule has 18 heavy (non-hydrogen) atoms. The lowest BCUT2D eigenvalue weighted by Gasteiger charge is -2.03. The molecule has 0 amide bonds. The Morgan fingerprint density at radius 3 is 2.89 bits per heavy atom. The molecule has 5 nitrogen and oxygen atoms in total. The maximum absolute atomic E-state index is 11.9. The van der Waals surface area contributed by atoms with Gasteiger partial charge in [-0.1, -0.05) is 11.6 Å². The van der Waals surface area contributed by atoms with Gasteiger partial charge in [0.05, 0.1) is 11.8 Å². The summed E-state index contributed by atoms with van der Waals surface area (Å²) >= 11 is 5.83. The number of pyridine rings is 2. The largest absolute Gasteiger partial charge is 0.618 e. The number of hydrogen-bond acceptors (Lipinski definition) is 3. The van der Waals surface area contributed by atoms with Gasteiger partial charge in [-0.2, -0.15) is 9.83 Å². The smallest absolute Gasteiger partial charge is 0.242 e. The van der Waals surface area contributed by atoms with Crippen LogP contribution >= 0.6 is 11.6 Å². The third-order valence-electron chi connectivity index (χ3n) is 2.69. The lowest BCUT2D eigenvalue weighted by atomic mass is 10.1. The van der Waals surface area contributed by atoms with Gasteiger partial charge in [0.15, 0.2) is 6.20 Å². The molecule has 0 unspecified atom stereocenters. The van der Waals surface area contributed by atoms with E-state index in [4.69, 9.17) is 11.6 Å². The molecule has 3 heterocycles. The van der Waals surface area contributed by atoms with Gasteiger partial charge in [0.2, 0.25) is 5.52 Å². The van der Waals surface area contributed by atoms with Crippen molar-refractivity contribution < 1.29 is 4.73 Å². The van der Waals surface area contributed by atoms with Crippen molar-refractivity contribution in [2.45, 2.75) is 0 Å². The SMILES string of the molecule is Cn1cc(-c2cc3nc(Cl)ccc3[n+]([O-])c2)cn1. The van der Waals surface area contributed by atoms with E-state index < -0.39 is 0 Å². The molecule has 0 aliphatic carbocycles. The molecule has 0 aliphatic rings. The molecule has 0 saturated carbocycles. The number of hydrogen-bond donors (Lipinski definition) is 0. The molecule has 90 valence electrons. The molecule has 0 saturated heterocycles. The van der Waals surface area contributed by atoms with Crippen LogP contribution in [0.5, 0.6) is 0 Å². The van der Waals surface area contributed by atoms with Gasteiger partial charge >= 0.3 is 0 Å². The summed E-state index contributed by atoms with van der Waals surface area (Å²) in [6.45, 7) is 0. The molecule has 0 radical (unpaired) electrons. The average molecular weight is 261 g/mol. The van der Waals surface area contributed by atoms with Crippen molar-refractivity contribution in [1.29, 1.82) is 0 Å². The second-order valence-corrected chi connectivity index (χ2v) is 4.38. The monoisotopic (exact) mass is 260 g/mol. The zero-order valence-electron chi connectivity index (χ0n) is 9.54. The van der Waals surface area contributed by atoms with Gasteiger partial charge in [0.1, 0.15) is 10.7 Å². The molecule has 0 N–H and O–H groups in total. The van der Waals surface area contributed by atoms with Crippen molar-refractivity contribution in [3.8, 4) is 11.1 Å². The van der Waals surface area contributed by atoms with Gasteiger partial charge in [-0.05, 0) is 12.1 Å². The molecular formula is C12H9ClN4O. The normalized spacial score (nSPS) is 11.0. The first-order valence-corrected chi connectivity index (χ1v) is 5.70. The predicted molar refractivity (Wildman–Crippen MR) is 67.9 cm³/mol. The Bertz CT molecular complexity index is 738. The molecule has 0 aliphatic heterocycles. The van der Waals surface area contributed by atoms with Crippen LogP contribution in [0.4, 0.5) is 0 Å². The van der Waals surface area contributed by atoms with Crippen LogP contribution in [0.25, 0.3) is 22.2 Å². The number of halogens is 1. The lowest BCUT2D eigenvalue weighted by molar-refractivity contribution is -0.576. The number of fused-ring (bicyclic) bond motifs is 1.